The molecule has 0 bridgehead atoms. The molecule has 0 fully saturated rings. The highest BCUT2D eigenvalue weighted by Gasteiger charge is 2.42. The van der Waals surface area contributed by atoms with Gasteiger partial charge in [0.15, 0.2) is 0 Å². The smallest absolute Gasteiger partial charge is 0.314 e. The van der Waals surface area contributed by atoms with E-state index in [-0.39, 0.29) is 0 Å². The summed E-state index contributed by atoms with van der Waals surface area (Å²) >= 11 is 0. The molecule has 0 saturated heterocycles. The molecule has 19 heavy (non-hydrogen) atoms. The summed E-state index contributed by atoms with van der Waals surface area (Å²) in [5.41, 5.74) is 8.09. The molecule has 0 rings (SSSR count). The second kappa shape index (κ2) is 6.93. The van der Waals surface area contributed by atoms with Gasteiger partial charge in [-0.2, -0.15) is 0 Å². The van der Waals surface area contributed by atoms with Crippen molar-refractivity contribution in [3.8, 4) is 0 Å². The largest absolute Gasteiger partial charge is 0.494 e. The van der Waals surface area contributed by atoms with Crippen LogP contribution in [0.15, 0.2) is 73.7 Å². The third-order valence-corrected chi connectivity index (χ3v) is 10.6. The third kappa shape index (κ3) is 4.52. The zero-order chi connectivity index (χ0) is 15.2. The lowest BCUT2D eigenvalue weighted by Gasteiger charge is -2.27. The molecule has 0 heterocycles. The van der Waals surface area contributed by atoms with E-state index in [2.05, 4.69) is 39.5 Å². The summed E-state index contributed by atoms with van der Waals surface area (Å²) in [5.74, 6) is 0. The molecular weight excluding hydrogens is 298 g/mol. The highest BCUT2D eigenvalue weighted by atomic mass is 31.2. The van der Waals surface area contributed by atoms with E-state index in [1.165, 1.54) is 34.2 Å². The van der Waals surface area contributed by atoms with Crippen LogP contribution in [0.2, 0.25) is 0 Å². The molecule has 0 aliphatic carbocycles. The Bertz CT molecular complexity index is 380. The molecule has 0 atom stereocenters. The van der Waals surface area contributed by atoms with Crippen LogP contribution in [0, 0.1) is 0 Å². The van der Waals surface area contributed by atoms with Crippen LogP contribution in [-0.2, 0) is 13.0 Å². The maximum absolute atomic E-state index is 14.1. The van der Waals surface area contributed by atoms with E-state index >= 15 is 0 Å². The summed E-state index contributed by atoms with van der Waals surface area (Å²) in [6.45, 7) is 21.1. The molecule has 3 nitrogen and oxygen atoms in total. The van der Waals surface area contributed by atoms with Gasteiger partial charge in [0, 0.05) is 0 Å². The second-order valence-corrected chi connectivity index (χ2v) is 11.7. The molecule has 0 aromatic carbocycles. The maximum Gasteiger partial charge on any atom is 0.494 e. The fraction of sp³-hybridized carbons (Fsp3) is 0. The van der Waals surface area contributed by atoms with E-state index in [9.17, 15) is 8.76 Å². The molecule has 0 aliphatic rings. The van der Waals surface area contributed by atoms with Crippen molar-refractivity contribution < 1.29 is 17.2 Å². The molecule has 0 unspecified atom stereocenters. The minimum absolute atomic E-state index is 1.35. The molecule has 0 spiro atoms. The number of hydrogen-bond donors (Lipinski definition) is 0. The molecule has 0 aromatic rings. The van der Waals surface area contributed by atoms with E-state index in [0.717, 1.165) is 0 Å². The van der Waals surface area contributed by atoms with Gasteiger partial charge in [0.25, 0.3) is 16.6 Å². The van der Waals surface area contributed by atoms with Crippen LogP contribution >= 0.6 is 7.91 Å². The minimum Gasteiger partial charge on any atom is -0.314 e. The van der Waals surface area contributed by atoms with E-state index in [0.29, 0.717) is 0 Å². The van der Waals surface area contributed by atoms with Crippen molar-refractivity contribution in [2.75, 3.05) is 0 Å². The van der Waals surface area contributed by atoms with E-state index in [1.807, 2.05) is 0 Å². The summed E-state index contributed by atoms with van der Waals surface area (Å²) in [7, 11) is -10.9. The van der Waals surface area contributed by atoms with Crippen LogP contribution < -0.4 is 0 Å². The van der Waals surface area contributed by atoms with Gasteiger partial charge in [-0.3, -0.25) is 0 Å². The van der Waals surface area contributed by atoms with Gasteiger partial charge in [-0.05, 0) is 0 Å². The summed E-state index contributed by atoms with van der Waals surface area (Å²) in [6, 6.07) is 0. The topological polar surface area (TPSA) is 35.5 Å². The molecular formula is C12H18FO3PSi2. The van der Waals surface area contributed by atoms with Gasteiger partial charge in [0.2, 0.25) is 0 Å². The predicted molar refractivity (Wildman–Crippen MR) is 83.6 cm³/mol. The number of hydrogen-bond acceptors (Lipinski definition) is 3. The Labute approximate surface area is 116 Å². The first kappa shape index (κ1) is 18.0. The molecule has 0 saturated carbocycles. The zero-order valence-corrected chi connectivity index (χ0v) is 13.7. The Morgan fingerprint density at radius 2 is 0.947 bits per heavy atom. The number of halogens is 1. The fourth-order valence-corrected chi connectivity index (χ4v) is 7.42. The highest BCUT2D eigenvalue weighted by Crippen LogP contribution is 2.55. The van der Waals surface area contributed by atoms with Gasteiger partial charge in [0.05, 0.1) is 0 Å². The Hall–Kier alpha value is -1.05. The maximum atomic E-state index is 14.1. The number of rotatable bonds is 10. The molecule has 0 N–H and O–H groups in total. The van der Waals surface area contributed by atoms with Gasteiger partial charge in [-0.15, -0.1) is 43.7 Å². The quantitative estimate of drug-likeness (QED) is 0.444. The van der Waals surface area contributed by atoms with Crippen LogP contribution in [0.1, 0.15) is 0 Å². The highest BCUT2D eigenvalue weighted by molar-refractivity contribution is 7.52. The Kier molecular flexibility index (Phi) is 6.55. The summed E-state index contributed by atoms with van der Waals surface area (Å²) < 4.78 is 35.9. The standard InChI is InChI=1S/C12H18FO3PSi2/c1-7-18(8-2,9-3)15-17(13,14)16-19(10-4,11-5)12-6/h7-12H,1-6H2. The van der Waals surface area contributed by atoms with Crippen molar-refractivity contribution in [1.29, 1.82) is 0 Å². The first-order chi connectivity index (χ1) is 8.78. The Morgan fingerprint density at radius 1 is 0.737 bits per heavy atom. The Morgan fingerprint density at radius 3 is 1.11 bits per heavy atom. The van der Waals surface area contributed by atoms with E-state index in [1.54, 1.807) is 0 Å². The van der Waals surface area contributed by atoms with Gasteiger partial charge < -0.3 is 8.43 Å². The van der Waals surface area contributed by atoms with Crippen molar-refractivity contribution in [2.24, 2.45) is 0 Å². The molecule has 0 aromatic heterocycles. The molecule has 0 amide bonds. The average molecular weight is 316 g/mol. The van der Waals surface area contributed by atoms with Crippen LogP contribution in [0.4, 0.5) is 4.20 Å². The van der Waals surface area contributed by atoms with Crippen molar-refractivity contribution >= 4 is 24.5 Å². The SMILES string of the molecule is C=C[Si](C=C)(C=C)OP(=O)(F)O[Si](C=C)(C=C)C=C. The summed E-state index contributed by atoms with van der Waals surface area (Å²) in [4.78, 5) is 0. The molecule has 0 aliphatic heterocycles. The van der Waals surface area contributed by atoms with Gasteiger partial charge >= 0.3 is 7.91 Å². The molecule has 104 valence electrons. The fourth-order valence-electron chi connectivity index (χ4n) is 1.12. The zero-order valence-electron chi connectivity index (χ0n) is 10.8. The lowest BCUT2D eigenvalue weighted by Crippen LogP contribution is -2.34. The van der Waals surface area contributed by atoms with Crippen LogP contribution in [0.5, 0.6) is 0 Å². The lowest BCUT2D eigenvalue weighted by molar-refractivity contribution is 0.341. The van der Waals surface area contributed by atoms with Crippen LogP contribution in [0.3, 0.4) is 0 Å². The van der Waals surface area contributed by atoms with Crippen molar-refractivity contribution in [3.63, 3.8) is 0 Å². The van der Waals surface area contributed by atoms with Gasteiger partial charge in [-0.25, -0.2) is 4.57 Å². The van der Waals surface area contributed by atoms with Crippen molar-refractivity contribution in [1.82, 2.24) is 0 Å². The minimum atomic E-state index is -4.84. The third-order valence-electron chi connectivity index (χ3n) is 2.45. The molecule has 0 radical (unpaired) electrons. The monoisotopic (exact) mass is 316 g/mol. The van der Waals surface area contributed by atoms with Crippen LogP contribution in [0.25, 0.3) is 0 Å². The molecule has 7 heteroatoms. The average Bonchev–Trinajstić information content (AvgIpc) is 2.42. The van der Waals surface area contributed by atoms with E-state index < -0.39 is 24.5 Å². The van der Waals surface area contributed by atoms with Gasteiger partial charge in [-0.1, -0.05) is 34.2 Å². The van der Waals surface area contributed by atoms with Gasteiger partial charge in [0.1, 0.15) is 0 Å². The summed E-state index contributed by atoms with van der Waals surface area (Å²) in [6.07, 6.45) is 0. The Balaban J connectivity index is 5.35. The van der Waals surface area contributed by atoms with Crippen molar-refractivity contribution in [3.05, 3.63) is 73.7 Å². The van der Waals surface area contributed by atoms with E-state index in [4.69, 9.17) is 8.43 Å². The summed E-state index contributed by atoms with van der Waals surface area (Å²) in [5, 5.41) is 0. The second-order valence-electron chi connectivity index (χ2n) is 3.55. The van der Waals surface area contributed by atoms with Crippen LogP contribution in [-0.4, -0.2) is 16.6 Å². The first-order valence-corrected chi connectivity index (χ1v) is 11.0. The predicted octanol–water partition coefficient (Wildman–Crippen LogP) is 4.34. The lowest BCUT2D eigenvalue weighted by atomic mass is 11.2. The first-order valence-electron chi connectivity index (χ1n) is 5.31. The van der Waals surface area contributed by atoms with Crippen molar-refractivity contribution in [2.45, 2.75) is 0 Å². The normalized spacial score (nSPS) is 12.3.